The summed E-state index contributed by atoms with van der Waals surface area (Å²) in [5.41, 5.74) is 1.13. The van der Waals surface area contributed by atoms with Crippen molar-refractivity contribution in [2.45, 2.75) is 19.4 Å². The van der Waals surface area contributed by atoms with E-state index in [2.05, 4.69) is 28.4 Å². The lowest BCUT2D eigenvalue weighted by Gasteiger charge is -2.09. The van der Waals surface area contributed by atoms with E-state index in [4.69, 9.17) is 0 Å². The molecule has 0 bridgehead atoms. The summed E-state index contributed by atoms with van der Waals surface area (Å²) in [6, 6.07) is 2.37. The lowest BCUT2D eigenvalue weighted by atomic mass is 10.3. The van der Waals surface area contributed by atoms with Crippen molar-refractivity contribution in [3.8, 4) is 0 Å². The van der Waals surface area contributed by atoms with E-state index in [1.165, 1.54) is 0 Å². The molecule has 0 aliphatic carbocycles. The van der Waals surface area contributed by atoms with Crippen molar-refractivity contribution in [2.24, 2.45) is 7.05 Å². The number of rotatable bonds is 5. The molecular weight excluding hydrogens is 220 g/mol. The summed E-state index contributed by atoms with van der Waals surface area (Å²) in [6.45, 7) is 3.06. The Labute approximate surface area is 99.3 Å². The van der Waals surface area contributed by atoms with Crippen LogP contribution in [0.5, 0.6) is 0 Å². The van der Waals surface area contributed by atoms with Gasteiger partial charge in [0, 0.05) is 37.8 Å². The summed E-state index contributed by atoms with van der Waals surface area (Å²) >= 11 is 1.69. The van der Waals surface area contributed by atoms with E-state index in [9.17, 15) is 0 Å². The summed E-state index contributed by atoms with van der Waals surface area (Å²) in [5, 5.41) is 10.9. The van der Waals surface area contributed by atoms with Crippen molar-refractivity contribution in [1.82, 2.24) is 20.1 Å². The Hall–Kier alpha value is -1.20. The van der Waals surface area contributed by atoms with Gasteiger partial charge in [-0.3, -0.25) is 4.68 Å². The summed E-state index contributed by atoms with van der Waals surface area (Å²) in [6.07, 6.45) is 4.77. The van der Waals surface area contributed by atoms with Gasteiger partial charge in [-0.1, -0.05) is 0 Å². The van der Waals surface area contributed by atoms with Gasteiger partial charge in [-0.15, -0.1) is 11.3 Å². The lowest BCUT2D eigenvalue weighted by molar-refractivity contribution is 0.568. The zero-order chi connectivity index (χ0) is 11.4. The molecular formula is C11H16N4S. The van der Waals surface area contributed by atoms with Gasteiger partial charge in [-0.05, 0) is 13.0 Å². The number of nitrogens with zero attached hydrogens (tertiary/aromatic N) is 3. The van der Waals surface area contributed by atoms with E-state index in [0.717, 1.165) is 23.7 Å². The third kappa shape index (κ3) is 2.90. The second-order valence-corrected chi connectivity index (χ2v) is 4.70. The Morgan fingerprint density at radius 3 is 3.06 bits per heavy atom. The van der Waals surface area contributed by atoms with Crippen molar-refractivity contribution in [3.63, 3.8) is 0 Å². The highest BCUT2D eigenvalue weighted by atomic mass is 32.1. The molecule has 0 aromatic carbocycles. The van der Waals surface area contributed by atoms with E-state index >= 15 is 0 Å². The van der Waals surface area contributed by atoms with Crippen LogP contribution in [0.3, 0.4) is 0 Å². The molecule has 0 fully saturated rings. The molecule has 4 nitrogen and oxygen atoms in total. The standard InChI is InChI=1S/C11H16N4S/c1-9(11-13-6-8-16-11)12-5-3-10-4-7-15(2)14-10/h4,6-9,12H,3,5H2,1-2H3. The summed E-state index contributed by atoms with van der Waals surface area (Å²) in [5.74, 6) is 0. The number of aromatic nitrogens is 3. The largest absolute Gasteiger partial charge is 0.308 e. The fourth-order valence-corrected chi connectivity index (χ4v) is 2.22. The molecule has 0 aliphatic heterocycles. The topological polar surface area (TPSA) is 42.7 Å². The lowest BCUT2D eigenvalue weighted by Crippen LogP contribution is -2.21. The van der Waals surface area contributed by atoms with Crippen LogP contribution in [0.1, 0.15) is 23.7 Å². The molecule has 1 unspecified atom stereocenters. The molecule has 2 rings (SSSR count). The van der Waals surface area contributed by atoms with Crippen molar-refractivity contribution in [3.05, 3.63) is 34.5 Å². The molecule has 86 valence electrons. The Bertz CT molecular complexity index is 421. The maximum atomic E-state index is 4.33. The zero-order valence-corrected chi connectivity index (χ0v) is 10.4. The summed E-state index contributed by atoms with van der Waals surface area (Å²) in [7, 11) is 1.94. The molecule has 0 aliphatic rings. The molecule has 2 aromatic rings. The van der Waals surface area contributed by atoms with Crippen LogP contribution in [0.15, 0.2) is 23.8 Å². The minimum absolute atomic E-state index is 0.323. The Balaban J connectivity index is 1.76. The van der Waals surface area contributed by atoms with E-state index < -0.39 is 0 Å². The van der Waals surface area contributed by atoms with Gasteiger partial charge < -0.3 is 5.32 Å². The van der Waals surface area contributed by atoms with Crippen LogP contribution in [0, 0.1) is 0 Å². The maximum absolute atomic E-state index is 4.33. The zero-order valence-electron chi connectivity index (χ0n) is 9.55. The average Bonchev–Trinajstić information content (AvgIpc) is 2.89. The number of nitrogens with one attached hydrogen (secondary N) is 1. The fourth-order valence-electron chi connectivity index (χ4n) is 1.55. The minimum atomic E-state index is 0.323. The molecule has 5 heteroatoms. The van der Waals surface area contributed by atoms with Crippen LogP contribution >= 0.6 is 11.3 Å². The van der Waals surface area contributed by atoms with Crippen molar-refractivity contribution in [2.75, 3.05) is 6.54 Å². The third-order valence-corrected chi connectivity index (χ3v) is 3.38. The second-order valence-electron chi connectivity index (χ2n) is 3.78. The molecule has 2 aromatic heterocycles. The van der Waals surface area contributed by atoms with Crippen LogP contribution in [0.2, 0.25) is 0 Å². The first kappa shape index (κ1) is 11.3. The second kappa shape index (κ2) is 5.23. The number of aryl methyl sites for hydroxylation is 1. The van der Waals surface area contributed by atoms with Gasteiger partial charge in [0.1, 0.15) is 5.01 Å². The smallest absolute Gasteiger partial charge is 0.109 e. The van der Waals surface area contributed by atoms with Gasteiger partial charge in [-0.25, -0.2) is 4.98 Å². The summed E-state index contributed by atoms with van der Waals surface area (Å²) < 4.78 is 1.83. The molecule has 0 amide bonds. The maximum Gasteiger partial charge on any atom is 0.109 e. The number of hydrogen-bond donors (Lipinski definition) is 1. The van der Waals surface area contributed by atoms with Crippen molar-refractivity contribution >= 4 is 11.3 Å². The minimum Gasteiger partial charge on any atom is -0.308 e. The Morgan fingerprint density at radius 2 is 2.44 bits per heavy atom. The van der Waals surface area contributed by atoms with Crippen molar-refractivity contribution in [1.29, 1.82) is 0 Å². The van der Waals surface area contributed by atoms with Crippen LogP contribution in [-0.2, 0) is 13.5 Å². The first-order valence-electron chi connectivity index (χ1n) is 5.37. The van der Waals surface area contributed by atoms with Crippen LogP contribution < -0.4 is 5.32 Å². The molecule has 1 N–H and O–H groups in total. The van der Waals surface area contributed by atoms with Crippen LogP contribution in [0.25, 0.3) is 0 Å². The highest BCUT2D eigenvalue weighted by Crippen LogP contribution is 2.14. The number of thiazole rings is 1. The molecule has 1 atom stereocenters. The number of hydrogen-bond acceptors (Lipinski definition) is 4. The van der Waals surface area contributed by atoms with E-state index in [-0.39, 0.29) is 0 Å². The third-order valence-electron chi connectivity index (χ3n) is 2.42. The van der Waals surface area contributed by atoms with E-state index in [1.54, 1.807) is 11.3 Å². The van der Waals surface area contributed by atoms with Gasteiger partial charge in [-0.2, -0.15) is 5.10 Å². The summed E-state index contributed by atoms with van der Waals surface area (Å²) in [4.78, 5) is 4.28. The molecule has 2 heterocycles. The first-order valence-corrected chi connectivity index (χ1v) is 6.25. The Morgan fingerprint density at radius 1 is 1.56 bits per heavy atom. The predicted molar refractivity (Wildman–Crippen MR) is 65.4 cm³/mol. The highest BCUT2D eigenvalue weighted by molar-refractivity contribution is 7.09. The van der Waals surface area contributed by atoms with Crippen LogP contribution in [-0.4, -0.2) is 21.3 Å². The molecule has 16 heavy (non-hydrogen) atoms. The molecule has 0 saturated heterocycles. The van der Waals surface area contributed by atoms with E-state index in [0.29, 0.717) is 6.04 Å². The quantitative estimate of drug-likeness (QED) is 0.860. The fraction of sp³-hybridized carbons (Fsp3) is 0.455. The first-order chi connectivity index (χ1) is 7.75. The van der Waals surface area contributed by atoms with Gasteiger partial charge in [0.25, 0.3) is 0 Å². The monoisotopic (exact) mass is 236 g/mol. The SMILES string of the molecule is CC(NCCc1ccn(C)n1)c1nccs1. The van der Waals surface area contributed by atoms with E-state index in [1.807, 2.05) is 29.5 Å². The van der Waals surface area contributed by atoms with Crippen molar-refractivity contribution < 1.29 is 0 Å². The Kier molecular flexibility index (Phi) is 3.69. The van der Waals surface area contributed by atoms with Gasteiger partial charge in [0.05, 0.1) is 11.7 Å². The molecule has 0 spiro atoms. The predicted octanol–water partition coefficient (Wildman–Crippen LogP) is 1.77. The molecule has 0 saturated carbocycles. The van der Waals surface area contributed by atoms with Gasteiger partial charge >= 0.3 is 0 Å². The van der Waals surface area contributed by atoms with Gasteiger partial charge in [0.2, 0.25) is 0 Å². The normalized spacial score (nSPS) is 12.9. The average molecular weight is 236 g/mol. The van der Waals surface area contributed by atoms with Gasteiger partial charge in [0.15, 0.2) is 0 Å². The van der Waals surface area contributed by atoms with Crippen LogP contribution in [0.4, 0.5) is 0 Å². The molecule has 0 radical (unpaired) electrons. The highest BCUT2D eigenvalue weighted by Gasteiger charge is 2.06.